The van der Waals surface area contributed by atoms with E-state index in [2.05, 4.69) is 0 Å². The number of hydrogen-bond donors (Lipinski definition) is 1. The molecular weight excluding hydrogens is 167 g/mol. The van der Waals surface area contributed by atoms with Gasteiger partial charge in [0.05, 0.1) is 6.10 Å². The Labute approximate surface area is 66.5 Å². The molecule has 2 unspecified atom stereocenters. The number of hydrogen-bond acceptors (Lipinski definition) is 3. The SMILES string of the molecule is CC[C@H]1OCCC1O[P+](=O)O. The maximum Gasteiger partial charge on any atom is 0.695 e. The van der Waals surface area contributed by atoms with Gasteiger partial charge < -0.3 is 4.74 Å². The predicted octanol–water partition coefficient (Wildman–Crippen LogP) is 1.22. The molecular formula is C6H12O4P+. The lowest BCUT2D eigenvalue weighted by molar-refractivity contribution is 0.0499. The topological polar surface area (TPSA) is 55.8 Å². The molecule has 0 aliphatic carbocycles. The van der Waals surface area contributed by atoms with Crippen molar-refractivity contribution in [2.45, 2.75) is 32.0 Å². The van der Waals surface area contributed by atoms with Crippen LogP contribution in [-0.4, -0.2) is 23.7 Å². The largest absolute Gasteiger partial charge is 0.695 e. The molecule has 1 rings (SSSR count). The molecule has 64 valence electrons. The highest BCUT2D eigenvalue weighted by molar-refractivity contribution is 7.32. The summed E-state index contributed by atoms with van der Waals surface area (Å²) in [6.45, 7) is 2.60. The summed E-state index contributed by atoms with van der Waals surface area (Å²) in [7, 11) is -2.47. The quantitative estimate of drug-likeness (QED) is 0.662. The van der Waals surface area contributed by atoms with Gasteiger partial charge in [-0.05, 0) is 6.42 Å². The molecule has 0 bridgehead atoms. The predicted molar refractivity (Wildman–Crippen MR) is 39.3 cm³/mol. The highest BCUT2D eigenvalue weighted by Crippen LogP contribution is 2.28. The normalized spacial score (nSPS) is 32.4. The van der Waals surface area contributed by atoms with Gasteiger partial charge in [0.15, 0.2) is 0 Å². The van der Waals surface area contributed by atoms with Crippen LogP contribution in [-0.2, 0) is 13.8 Å². The van der Waals surface area contributed by atoms with Gasteiger partial charge in [-0.25, -0.2) is 0 Å². The second-order valence-electron chi connectivity index (χ2n) is 2.49. The van der Waals surface area contributed by atoms with E-state index in [-0.39, 0.29) is 12.2 Å². The van der Waals surface area contributed by atoms with E-state index in [0.29, 0.717) is 6.61 Å². The average Bonchev–Trinajstić information content (AvgIpc) is 2.34. The summed E-state index contributed by atoms with van der Waals surface area (Å²) < 4.78 is 20.3. The Morgan fingerprint density at radius 1 is 1.82 bits per heavy atom. The van der Waals surface area contributed by atoms with E-state index in [1.165, 1.54) is 0 Å². The van der Waals surface area contributed by atoms with Gasteiger partial charge in [0.25, 0.3) is 0 Å². The summed E-state index contributed by atoms with van der Waals surface area (Å²) in [4.78, 5) is 8.46. The number of ether oxygens (including phenoxy) is 1. The van der Waals surface area contributed by atoms with E-state index in [1.54, 1.807) is 0 Å². The Bertz CT molecular complexity index is 150. The molecule has 1 aliphatic rings. The van der Waals surface area contributed by atoms with E-state index in [0.717, 1.165) is 12.8 Å². The molecule has 3 atom stereocenters. The summed E-state index contributed by atoms with van der Waals surface area (Å²) >= 11 is 0. The summed E-state index contributed by atoms with van der Waals surface area (Å²) in [5, 5.41) is 0. The van der Waals surface area contributed by atoms with Crippen molar-refractivity contribution in [1.82, 2.24) is 0 Å². The lowest BCUT2D eigenvalue weighted by Crippen LogP contribution is -2.20. The molecule has 1 fully saturated rings. The maximum absolute atomic E-state index is 10.3. The second-order valence-corrected chi connectivity index (χ2v) is 3.17. The second kappa shape index (κ2) is 4.12. The molecule has 0 radical (unpaired) electrons. The van der Waals surface area contributed by atoms with Gasteiger partial charge in [-0.2, -0.15) is 0 Å². The van der Waals surface area contributed by atoms with Gasteiger partial charge in [0.2, 0.25) is 0 Å². The smallest absolute Gasteiger partial charge is 0.375 e. The van der Waals surface area contributed by atoms with E-state index in [4.69, 9.17) is 14.2 Å². The lowest BCUT2D eigenvalue weighted by atomic mass is 10.1. The van der Waals surface area contributed by atoms with Crippen molar-refractivity contribution in [2.24, 2.45) is 0 Å². The minimum absolute atomic E-state index is 0.00102. The van der Waals surface area contributed by atoms with Crippen molar-refractivity contribution in [3.05, 3.63) is 0 Å². The highest BCUT2D eigenvalue weighted by Gasteiger charge is 2.34. The fraction of sp³-hybridized carbons (Fsp3) is 1.00. The molecule has 5 heteroatoms. The van der Waals surface area contributed by atoms with Crippen LogP contribution in [0.1, 0.15) is 19.8 Å². The molecule has 0 amide bonds. The molecule has 1 heterocycles. The van der Waals surface area contributed by atoms with Crippen LogP contribution in [0.3, 0.4) is 0 Å². The lowest BCUT2D eigenvalue weighted by Gasteiger charge is -2.09. The minimum Gasteiger partial charge on any atom is -0.375 e. The van der Waals surface area contributed by atoms with Crippen LogP contribution in [0.2, 0.25) is 0 Å². The van der Waals surface area contributed by atoms with E-state index < -0.39 is 8.25 Å². The van der Waals surface area contributed by atoms with Gasteiger partial charge in [-0.15, -0.1) is 9.42 Å². The molecule has 0 aromatic rings. The molecule has 1 N–H and O–H groups in total. The maximum atomic E-state index is 10.3. The first kappa shape index (κ1) is 9.07. The first-order chi connectivity index (χ1) is 5.24. The van der Waals surface area contributed by atoms with Crippen molar-refractivity contribution < 1.29 is 18.7 Å². The standard InChI is InChI=1S/C6H11O4P/c1-2-5-6(3-4-9-5)10-11(7)8/h5-6H,2-4H2,1H3/p+1/t5-,6?/m1/s1. The summed E-state index contributed by atoms with van der Waals surface area (Å²) in [5.74, 6) is 0. The summed E-state index contributed by atoms with van der Waals surface area (Å²) in [6, 6.07) is 0. The monoisotopic (exact) mass is 179 g/mol. The van der Waals surface area contributed by atoms with Crippen LogP contribution in [0.15, 0.2) is 0 Å². The van der Waals surface area contributed by atoms with Crippen LogP contribution in [0, 0.1) is 0 Å². The third-order valence-electron chi connectivity index (χ3n) is 1.78. The summed E-state index contributed by atoms with van der Waals surface area (Å²) in [6.07, 6.45) is 1.36. The molecule has 0 aromatic heterocycles. The van der Waals surface area contributed by atoms with Crippen molar-refractivity contribution in [1.29, 1.82) is 0 Å². The molecule has 0 aromatic carbocycles. The van der Waals surface area contributed by atoms with Crippen LogP contribution >= 0.6 is 8.25 Å². The molecule has 1 aliphatic heterocycles. The van der Waals surface area contributed by atoms with E-state index in [9.17, 15) is 4.57 Å². The third kappa shape index (κ3) is 2.49. The Hall–Kier alpha value is -0.0200. The van der Waals surface area contributed by atoms with Crippen LogP contribution in [0.5, 0.6) is 0 Å². The first-order valence-electron chi connectivity index (χ1n) is 3.68. The molecule has 1 saturated heterocycles. The van der Waals surface area contributed by atoms with Gasteiger partial charge >= 0.3 is 8.25 Å². The average molecular weight is 179 g/mol. The van der Waals surface area contributed by atoms with Gasteiger partial charge in [-0.1, -0.05) is 6.92 Å². The Morgan fingerprint density at radius 2 is 2.55 bits per heavy atom. The van der Waals surface area contributed by atoms with Gasteiger partial charge in [0, 0.05) is 17.6 Å². The van der Waals surface area contributed by atoms with Crippen molar-refractivity contribution in [3.63, 3.8) is 0 Å². The Kier molecular flexibility index (Phi) is 3.40. The summed E-state index contributed by atoms with van der Waals surface area (Å²) in [5.41, 5.74) is 0. The van der Waals surface area contributed by atoms with E-state index >= 15 is 0 Å². The zero-order chi connectivity index (χ0) is 8.27. The third-order valence-corrected chi connectivity index (χ3v) is 2.23. The molecule has 0 saturated carbocycles. The Morgan fingerprint density at radius 3 is 3.09 bits per heavy atom. The fourth-order valence-corrected chi connectivity index (χ4v) is 1.72. The van der Waals surface area contributed by atoms with Crippen LogP contribution < -0.4 is 0 Å². The van der Waals surface area contributed by atoms with Crippen molar-refractivity contribution in [3.8, 4) is 0 Å². The minimum atomic E-state index is -2.47. The molecule has 0 spiro atoms. The zero-order valence-corrected chi connectivity index (χ0v) is 7.29. The highest BCUT2D eigenvalue weighted by atomic mass is 31.1. The first-order valence-corrected chi connectivity index (χ1v) is 4.81. The van der Waals surface area contributed by atoms with Crippen LogP contribution in [0.25, 0.3) is 0 Å². The van der Waals surface area contributed by atoms with E-state index in [1.807, 2.05) is 6.92 Å². The molecule has 11 heavy (non-hydrogen) atoms. The Balaban J connectivity index is 2.37. The van der Waals surface area contributed by atoms with Gasteiger partial charge in [-0.3, -0.25) is 0 Å². The van der Waals surface area contributed by atoms with Crippen LogP contribution in [0.4, 0.5) is 0 Å². The fourth-order valence-electron chi connectivity index (χ4n) is 1.25. The van der Waals surface area contributed by atoms with Crippen molar-refractivity contribution in [2.75, 3.05) is 6.61 Å². The zero-order valence-electron chi connectivity index (χ0n) is 6.40. The van der Waals surface area contributed by atoms with Gasteiger partial charge in [0.1, 0.15) is 6.10 Å². The molecule has 4 nitrogen and oxygen atoms in total. The number of rotatable bonds is 3. The van der Waals surface area contributed by atoms with Crippen molar-refractivity contribution >= 4 is 8.25 Å².